The van der Waals surface area contributed by atoms with Crippen LogP contribution in [-0.4, -0.2) is 40.7 Å². The summed E-state index contributed by atoms with van der Waals surface area (Å²) in [4.78, 5) is 30.4. The number of carbonyl (C=O) groups is 2. The number of anilines is 3. The summed E-state index contributed by atoms with van der Waals surface area (Å²) in [5.41, 5.74) is 2.80. The first-order chi connectivity index (χ1) is 14.5. The van der Waals surface area contributed by atoms with Crippen LogP contribution < -0.4 is 15.5 Å². The van der Waals surface area contributed by atoms with Crippen molar-refractivity contribution in [1.82, 2.24) is 14.8 Å². The van der Waals surface area contributed by atoms with Crippen molar-refractivity contribution in [2.24, 2.45) is 0 Å². The fraction of sp³-hybridized carbons (Fsp3) is 0.0909. The molecule has 2 aromatic carbocycles. The molecule has 2 amide bonds. The van der Waals surface area contributed by atoms with Gasteiger partial charge in [-0.3, -0.25) is 9.59 Å². The zero-order valence-electron chi connectivity index (χ0n) is 16.5. The summed E-state index contributed by atoms with van der Waals surface area (Å²) in [5.74, 6) is -0.775. The molecule has 0 aliphatic rings. The van der Waals surface area contributed by atoms with Gasteiger partial charge in [0.25, 0.3) is 0 Å². The molecule has 4 aromatic rings. The van der Waals surface area contributed by atoms with Crippen LogP contribution in [0.2, 0.25) is 0 Å². The van der Waals surface area contributed by atoms with Gasteiger partial charge in [-0.2, -0.15) is 5.10 Å². The van der Waals surface area contributed by atoms with Crippen molar-refractivity contribution in [2.45, 2.75) is 0 Å². The Kier molecular flexibility index (Phi) is 5.13. The Balaban J connectivity index is 1.41. The molecule has 150 valence electrons. The predicted octanol–water partition coefficient (Wildman–Crippen LogP) is 3.06. The molecule has 2 N–H and O–H groups in total. The normalized spacial score (nSPS) is 10.6. The molecule has 0 fully saturated rings. The molecule has 0 saturated carbocycles. The van der Waals surface area contributed by atoms with Crippen LogP contribution in [0.25, 0.3) is 16.6 Å². The first kappa shape index (κ1) is 19.1. The molecular formula is C22H20N6O2. The van der Waals surface area contributed by atoms with Gasteiger partial charge in [0, 0.05) is 25.2 Å². The topological polar surface area (TPSA) is 92.2 Å². The zero-order chi connectivity index (χ0) is 21.1. The smallest absolute Gasteiger partial charge is 0.314 e. The van der Waals surface area contributed by atoms with E-state index in [0.717, 1.165) is 22.4 Å². The number of aromatic nitrogens is 3. The lowest BCUT2D eigenvalue weighted by Gasteiger charge is -2.11. The minimum absolute atomic E-state index is 0.446. The number of nitrogens with zero attached hydrogens (tertiary/aromatic N) is 4. The van der Waals surface area contributed by atoms with Crippen molar-refractivity contribution in [2.75, 3.05) is 29.6 Å². The van der Waals surface area contributed by atoms with Crippen molar-refractivity contribution < 1.29 is 9.59 Å². The first-order valence-corrected chi connectivity index (χ1v) is 9.30. The highest BCUT2D eigenvalue weighted by Gasteiger charge is 2.14. The molecule has 8 nitrogen and oxygen atoms in total. The van der Waals surface area contributed by atoms with Crippen LogP contribution in [0.4, 0.5) is 17.2 Å². The highest BCUT2D eigenvalue weighted by atomic mass is 16.2. The van der Waals surface area contributed by atoms with Crippen molar-refractivity contribution in [3.8, 4) is 5.69 Å². The summed E-state index contributed by atoms with van der Waals surface area (Å²) >= 11 is 0. The molecule has 30 heavy (non-hydrogen) atoms. The quantitative estimate of drug-likeness (QED) is 0.514. The number of carbonyl (C=O) groups excluding carboxylic acids is 2. The number of amides is 2. The van der Waals surface area contributed by atoms with Crippen LogP contribution in [0.15, 0.2) is 73.1 Å². The van der Waals surface area contributed by atoms with E-state index in [1.807, 2.05) is 60.1 Å². The van der Waals surface area contributed by atoms with E-state index in [-0.39, 0.29) is 0 Å². The second kappa shape index (κ2) is 8.04. The Morgan fingerprint density at radius 1 is 0.833 bits per heavy atom. The predicted molar refractivity (Wildman–Crippen MR) is 117 cm³/mol. The third-order valence-corrected chi connectivity index (χ3v) is 4.52. The molecule has 0 aliphatic carbocycles. The van der Waals surface area contributed by atoms with E-state index in [9.17, 15) is 9.59 Å². The van der Waals surface area contributed by atoms with E-state index in [4.69, 9.17) is 0 Å². The maximum absolute atomic E-state index is 12.2. The molecule has 0 spiro atoms. The highest BCUT2D eigenvalue weighted by Crippen LogP contribution is 2.19. The highest BCUT2D eigenvalue weighted by molar-refractivity contribution is 6.43. The van der Waals surface area contributed by atoms with Crippen LogP contribution in [0, 0.1) is 0 Å². The number of para-hydroxylation sites is 1. The Morgan fingerprint density at radius 2 is 1.50 bits per heavy atom. The molecule has 8 heteroatoms. The maximum atomic E-state index is 12.2. The SMILES string of the molecule is CN(C)c1ccc(NC(=O)C(=O)Nc2ccc(-n3ncc4ccccc43)cc2)cn1. The van der Waals surface area contributed by atoms with Gasteiger partial charge in [-0.1, -0.05) is 18.2 Å². The van der Waals surface area contributed by atoms with Gasteiger partial charge in [-0.25, -0.2) is 9.67 Å². The standard InChI is InChI=1S/C22H20N6O2/c1-27(2)20-12-9-17(14-23-20)26-22(30)21(29)25-16-7-10-18(11-8-16)28-19-6-4-3-5-15(19)13-24-28/h3-14H,1-2H3,(H,25,29)(H,26,30). The van der Waals surface area contributed by atoms with E-state index in [2.05, 4.69) is 20.7 Å². The molecule has 0 unspecified atom stereocenters. The van der Waals surface area contributed by atoms with Crippen LogP contribution in [-0.2, 0) is 9.59 Å². The lowest BCUT2D eigenvalue weighted by molar-refractivity contribution is -0.133. The van der Waals surface area contributed by atoms with Gasteiger partial charge in [0.2, 0.25) is 0 Å². The summed E-state index contributed by atoms with van der Waals surface area (Å²) in [6.07, 6.45) is 3.30. The van der Waals surface area contributed by atoms with E-state index < -0.39 is 11.8 Å². The summed E-state index contributed by atoms with van der Waals surface area (Å²) < 4.78 is 1.82. The third kappa shape index (κ3) is 3.97. The van der Waals surface area contributed by atoms with Gasteiger partial charge < -0.3 is 15.5 Å². The first-order valence-electron chi connectivity index (χ1n) is 9.30. The van der Waals surface area contributed by atoms with Gasteiger partial charge in [-0.05, 0) is 42.5 Å². The van der Waals surface area contributed by atoms with Crippen molar-refractivity contribution >= 4 is 39.9 Å². The summed E-state index contributed by atoms with van der Waals surface area (Å²) in [6.45, 7) is 0. The Bertz CT molecular complexity index is 1200. The molecule has 0 saturated heterocycles. The van der Waals surface area contributed by atoms with Crippen LogP contribution in [0.1, 0.15) is 0 Å². The largest absolute Gasteiger partial charge is 0.363 e. The van der Waals surface area contributed by atoms with E-state index in [1.54, 1.807) is 30.5 Å². The molecule has 4 rings (SSSR count). The minimum Gasteiger partial charge on any atom is -0.363 e. The van der Waals surface area contributed by atoms with E-state index in [1.165, 1.54) is 6.20 Å². The summed E-state index contributed by atoms with van der Waals surface area (Å²) in [6, 6.07) is 18.5. The number of hydrogen-bond donors (Lipinski definition) is 2. The van der Waals surface area contributed by atoms with E-state index in [0.29, 0.717) is 11.4 Å². The number of nitrogens with one attached hydrogen (secondary N) is 2. The van der Waals surface area contributed by atoms with Gasteiger partial charge in [0.1, 0.15) is 5.82 Å². The molecule has 0 bridgehead atoms. The molecule has 2 aromatic heterocycles. The Morgan fingerprint density at radius 3 is 2.17 bits per heavy atom. The summed E-state index contributed by atoms with van der Waals surface area (Å²) in [5, 5.41) is 10.6. The molecular weight excluding hydrogens is 380 g/mol. The molecule has 0 aliphatic heterocycles. The van der Waals surface area contributed by atoms with Crippen LogP contribution in [0.3, 0.4) is 0 Å². The van der Waals surface area contributed by atoms with E-state index >= 15 is 0 Å². The number of rotatable bonds is 4. The lowest BCUT2D eigenvalue weighted by Crippen LogP contribution is -2.29. The second-order valence-corrected chi connectivity index (χ2v) is 6.87. The van der Waals surface area contributed by atoms with Gasteiger partial charge in [0.05, 0.1) is 29.3 Å². The van der Waals surface area contributed by atoms with Gasteiger partial charge in [0.15, 0.2) is 0 Å². The minimum atomic E-state index is -0.767. The van der Waals surface area contributed by atoms with Crippen LogP contribution in [0.5, 0.6) is 0 Å². The number of fused-ring (bicyclic) bond motifs is 1. The number of pyridine rings is 1. The number of hydrogen-bond acceptors (Lipinski definition) is 5. The average Bonchev–Trinajstić information content (AvgIpc) is 3.19. The van der Waals surface area contributed by atoms with Crippen molar-refractivity contribution in [3.05, 3.63) is 73.1 Å². The summed E-state index contributed by atoms with van der Waals surface area (Å²) in [7, 11) is 3.74. The van der Waals surface area contributed by atoms with Crippen molar-refractivity contribution in [1.29, 1.82) is 0 Å². The second-order valence-electron chi connectivity index (χ2n) is 6.87. The Hall–Kier alpha value is -4.20. The zero-order valence-corrected chi connectivity index (χ0v) is 16.5. The van der Waals surface area contributed by atoms with Gasteiger partial charge in [-0.15, -0.1) is 0 Å². The molecule has 0 radical (unpaired) electrons. The average molecular weight is 400 g/mol. The maximum Gasteiger partial charge on any atom is 0.314 e. The lowest BCUT2D eigenvalue weighted by atomic mass is 10.2. The fourth-order valence-corrected chi connectivity index (χ4v) is 2.96. The number of benzene rings is 2. The molecule has 0 atom stereocenters. The molecule has 2 heterocycles. The Labute approximate surface area is 173 Å². The third-order valence-electron chi connectivity index (χ3n) is 4.52. The van der Waals surface area contributed by atoms with Gasteiger partial charge >= 0.3 is 11.8 Å². The fourth-order valence-electron chi connectivity index (χ4n) is 2.96. The van der Waals surface area contributed by atoms with Crippen LogP contribution >= 0.6 is 0 Å². The monoisotopic (exact) mass is 400 g/mol. The van der Waals surface area contributed by atoms with Crippen molar-refractivity contribution in [3.63, 3.8) is 0 Å².